The van der Waals surface area contributed by atoms with Gasteiger partial charge in [0.05, 0.1) is 0 Å². The van der Waals surface area contributed by atoms with E-state index in [1.54, 1.807) is 12.3 Å². The Balaban J connectivity index is 2.66. The Labute approximate surface area is 93.3 Å². The Morgan fingerprint density at radius 2 is 2.00 bits per heavy atom. The summed E-state index contributed by atoms with van der Waals surface area (Å²) in [5.41, 5.74) is 0.981. The molecule has 0 saturated carbocycles. The molecule has 0 radical (unpaired) electrons. The zero-order valence-electron chi connectivity index (χ0n) is 8.38. The molecular weight excluding hydrogens is 208 g/mol. The maximum Gasteiger partial charge on any atom is 0.215 e. The molecule has 0 bridgehead atoms. The Bertz CT molecular complexity index is 380. The van der Waals surface area contributed by atoms with Crippen molar-refractivity contribution in [3.63, 3.8) is 0 Å². The van der Waals surface area contributed by atoms with E-state index < -0.39 is 0 Å². The molecule has 1 N–H and O–H groups in total. The third-order valence-corrected chi connectivity index (χ3v) is 2.23. The summed E-state index contributed by atoms with van der Waals surface area (Å²) >= 11 is 1.07. The van der Waals surface area contributed by atoms with Crippen LogP contribution in [0.1, 0.15) is 5.56 Å². The lowest BCUT2D eigenvalue weighted by Crippen LogP contribution is -1.85. The molecule has 15 heavy (non-hydrogen) atoms. The number of hydrogen-bond acceptors (Lipinski definition) is 3. The van der Waals surface area contributed by atoms with Crippen molar-refractivity contribution >= 4 is 23.0 Å². The minimum absolute atomic E-state index is 0.0294. The summed E-state index contributed by atoms with van der Waals surface area (Å²) in [6.45, 7) is 0. The highest BCUT2D eigenvalue weighted by atomic mass is 32.2. The topological polar surface area (TPSA) is 37.3 Å². The van der Waals surface area contributed by atoms with Gasteiger partial charge in [0.15, 0.2) is 0 Å². The molecule has 1 aromatic carbocycles. The van der Waals surface area contributed by atoms with Crippen LogP contribution in [0, 0.1) is 0 Å². The van der Waals surface area contributed by atoms with Gasteiger partial charge in [0.2, 0.25) is 5.12 Å². The van der Waals surface area contributed by atoms with Gasteiger partial charge in [-0.2, -0.15) is 0 Å². The van der Waals surface area contributed by atoms with Gasteiger partial charge in [-0.3, -0.25) is 4.79 Å². The minimum Gasteiger partial charge on any atom is -0.508 e. The van der Waals surface area contributed by atoms with E-state index in [0.29, 0.717) is 0 Å². The largest absolute Gasteiger partial charge is 0.508 e. The second-order valence-corrected chi connectivity index (χ2v) is 3.65. The highest BCUT2D eigenvalue weighted by Gasteiger charge is 1.94. The summed E-state index contributed by atoms with van der Waals surface area (Å²) in [7, 11) is 0. The molecule has 0 fully saturated rings. The molecule has 0 aliphatic rings. The third kappa shape index (κ3) is 4.51. The lowest BCUT2D eigenvalue weighted by atomic mass is 10.2. The van der Waals surface area contributed by atoms with Gasteiger partial charge in [-0.1, -0.05) is 48.2 Å². The average molecular weight is 220 g/mol. The number of aliphatic hydroxyl groups is 1. The number of benzene rings is 1. The number of rotatable bonds is 3. The third-order valence-electron chi connectivity index (χ3n) is 1.71. The predicted molar refractivity (Wildman–Crippen MR) is 64.7 cm³/mol. The van der Waals surface area contributed by atoms with Gasteiger partial charge in [0.25, 0.3) is 0 Å². The maximum atomic E-state index is 10.9. The molecule has 0 aromatic heterocycles. The van der Waals surface area contributed by atoms with E-state index in [9.17, 15) is 9.90 Å². The molecule has 2 nitrogen and oxygen atoms in total. The Morgan fingerprint density at radius 3 is 2.60 bits per heavy atom. The van der Waals surface area contributed by atoms with Crippen LogP contribution < -0.4 is 0 Å². The van der Waals surface area contributed by atoms with Crippen molar-refractivity contribution < 1.29 is 9.90 Å². The van der Waals surface area contributed by atoms with E-state index in [1.807, 2.05) is 30.3 Å². The summed E-state index contributed by atoms with van der Waals surface area (Å²) in [4.78, 5) is 10.9. The van der Waals surface area contributed by atoms with Gasteiger partial charge in [-0.15, -0.1) is 0 Å². The van der Waals surface area contributed by atoms with Crippen LogP contribution in [0.4, 0.5) is 0 Å². The van der Waals surface area contributed by atoms with Gasteiger partial charge in [-0.25, -0.2) is 0 Å². The molecule has 0 saturated heterocycles. The molecule has 0 aliphatic carbocycles. The van der Waals surface area contributed by atoms with Crippen molar-refractivity contribution in [2.45, 2.75) is 0 Å². The average Bonchev–Trinajstić information content (AvgIpc) is 2.27. The van der Waals surface area contributed by atoms with Crippen LogP contribution in [-0.2, 0) is 4.79 Å². The highest BCUT2D eigenvalue weighted by molar-refractivity contribution is 8.13. The van der Waals surface area contributed by atoms with Crippen LogP contribution in [0.2, 0.25) is 0 Å². The van der Waals surface area contributed by atoms with Crippen LogP contribution in [0.3, 0.4) is 0 Å². The summed E-state index contributed by atoms with van der Waals surface area (Å²) in [6.07, 6.45) is 6.13. The van der Waals surface area contributed by atoms with E-state index in [4.69, 9.17) is 0 Å². The summed E-state index contributed by atoms with van der Waals surface area (Å²) < 4.78 is 0. The maximum absolute atomic E-state index is 10.9. The van der Waals surface area contributed by atoms with Gasteiger partial charge < -0.3 is 5.11 Å². The number of aliphatic hydroxyl groups excluding tert-OH is 1. The van der Waals surface area contributed by atoms with E-state index >= 15 is 0 Å². The first-order valence-corrected chi connectivity index (χ1v) is 5.66. The minimum atomic E-state index is -0.162. The van der Waals surface area contributed by atoms with E-state index in [2.05, 4.69) is 0 Å². The van der Waals surface area contributed by atoms with Crippen molar-refractivity contribution in [2.75, 3.05) is 6.26 Å². The van der Waals surface area contributed by atoms with Crippen LogP contribution in [0.15, 0.2) is 48.2 Å². The molecule has 0 aliphatic heterocycles. The predicted octanol–water partition coefficient (Wildman–Crippen LogP) is 3.03. The molecule has 78 valence electrons. The number of carbonyl (C=O) groups is 1. The smallest absolute Gasteiger partial charge is 0.215 e. The van der Waals surface area contributed by atoms with Crippen LogP contribution >= 0.6 is 11.8 Å². The summed E-state index contributed by atoms with van der Waals surface area (Å²) in [5, 5.41) is 9.19. The molecule has 1 aromatic rings. The number of thioether (sulfide) groups is 1. The first-order chi connectivity index (χ1) is 7.22. The second-order valence-electron chi connectivity index (χ2n) is 2.84. The highest BCUT2D eigenvalue weighted by Crippen LogP contribution is 2.05. The van der Waals surface area contributed by atoms with Crippen molar-refractivity contribution in [1.82, 2.24) is 0 Å². The Hall–Kier alpha value is -1.48. The van der Waals surface area contributed by atoms with Crippen molar-refractivity contribution in [2.24, 2.45) is 0 Å². The van der Waals surface area contributed by atoms with E-state index in [0.717, 1.165) is 17.3 Å². The second kappa shape index (κ2) is 6.09. The van der Waals surface area contributed by atoms with Gasteiger partial charge in [0, 0.05) is 6.08 Å². The number of carbonyl (C=O) groups excluding carboxylic acids is 1. The molecular formula is C12H12O2S. The molecule has 0 amide bonds. The molecule has 0 heterocycles. The lowest BCUT2D eigenvalue weighted by Gasteiger charge is -1.92. The fourth-order valence-corrected chi connectivity index (χ4v) is 1.21. The van der Waals surface area contributed by atoms with Crippen LogP contribution in [0.25, 0.3) is 6.08 Å². The normalized spacial score (nSPS) is 11.9. The molecule has 3 heteroatoms. The SMILES string of the molecule is CSC(=O)/C=C(O)/C=C/c1ccccc1. The Morgan fingerprint density at radius 1 is 1.33 bits per heavy atom. The van der Waals surface area contributed by atoms with Gasteiger partial charge in [0.1, 0.15) is 5.76 Å². The summed E-state index contributed by atoms with van der Waals surface area (Å²) in [5.74, 6) is -0.0294. The van der Waals surface area contributed by atoms with E-state index in [1.165, 1.54) is 12.2 Å². The standard InChI is InChI=1S/C12H12O2S/c1-15-12(14)9-11(13)8-7-10-5-3-2-4-6-10/h2-9,13H,1H3/b8-7+,11-9-. The first-order valence-electron chi connectivity index (χ1n) is 4.44. The van der Waals surface area contributed by atoms with E-state index in [-0.39, 0.29) is 10.9 Å². The van der Waals surface area contributed by atoms with Crippen molar-refractivity contribution in [3.8, 4) is 0 Å². The summed E-state index contributed by atoms with van der Waals surface area (Å²) in [6, 6.07) is 9.57. The zero-order valence-corrected chi connectivity index (χ0v) is 9.20. The lowest BCUT2D eigenvalue weighted by molar-refractivity contribution is -0.107. The monoisotopic (exact) mass is 220 g/mol. The fourth-order valence-electron chi connectivity index (χ4n) is 0.974. The van der Waals surface area contributed by atoms with Crippen LogP contribution in [0.5, 0.6) is 0 Å². The number of hydrogen-bond donors (Lipinski definition) is 1. The first kappa shape index (κ1) is 11.6. The fraction of sp³-hybridized carbons (Fsp3) is 0.0833. The molecule has 0 atom stereocenters. The molecule has 0 spiro atoms. The van der Waals surface area contributed by atoms with Gasteiger partial charge >= 0.3 is 0 Å². The quantitative estimate of drug-likeness (QED) is 0.483. The van der Waals surface area contributed by atoms with Crippen LogP contribution in [-0.4, -0.2) is 16.5 Å². The Kier molecular flexibility index (Phi) is 4.71. The molecule has 0 unspecified atom stereocenters. The van der Waals surface area contributed by atoms with Crippen molar-refractivity contribution in [1.29, 1.82) is 0 Å². The van der Waals surface area contributed by atoms with Crippen molar-refractivity contribution in [3.05, 3.63) is 53.8 Å². The number of allylic oxidation sites excluding steroid dienone is 1. The zero-order chi connectivity index (χ0) is 11.1. The van der Waals surface area contributed by atoms with Gasteiger partial charge in [-0.05, 0) is 17.9 Å². The molecule has 1 rings (SSSR count).